The molecule has 4 aromatic rings. The summed E-state index contributed by atoms with van der Waals surface area (Å²) >= 11 is 0. The Balaban J connectivity index is 1.45. The van der Waals surface area contributed by atoms with Gasteiger partial charge in [0.1, 0.15) is 0 Å². The van der Waals surface area contributed by atoms with Gasteiger partial charge >= 0.3 is 0 Å². The van der Waals surface area contributed by atoms with E-state index in [1.807, 2.05) is 12.4 Å². The van der Waals surface area contributed by atoms with Gasteiger partial charge in [-0.15, -0.1) is 0 Å². The lowest BCUT2D eigenvalue weighted by atomic mass is 10.0. The van der Waals surface area contributed by atoms with Gasteiger partial charge in [0.15, 0.2) is 0 Å². The third kappa shape index (κ3) is 4.24. The summed E-state index contributed by atoms with van der Waals surface area (Å²) in [5.74, 6) is 0. The Morgan fingerprint density at radius 3 is 1.53 bits per heavy atom. The van der Waals surface area contributed by atoms with Crippen molar-refractivity contribution >= 4 is 26.7 Å². The van der Waals surface area contributed by atoms with Crippen molar-refractivity contribution in [1.82, 2.24) is 9.97 Å². The monoisotopic (exact) mass is 480 g/mol. The molecule has 0 N–H and O–H groups in total. The molecular weight excluding hydrogens is 450 g/mol. The second kappa shape index (κ2) is 10.1. The number of hydrogen-bond acceptors (Lipinski definition) is 2. The van der Waals surface area contributed by atoms with E-state index in [1.54, 1.807) is 0 Å². The topological polar surface area (TPSA) is 25.8 Å². The fourth-order valence-corrected chi connectivity index (χ4v) is 12.8. The SMILES string of the molecule is c1ccc(C2CCCP2c2nccnc2P2C(c3ccccc3)CC[C@@H]2c2ccccc2)cc1. The lowest BCUT2D eigenvalue weighted by Crippen LogP contribution is -2.30. The molecule has 2 aliphatic rings. The van der Waals surface area contributed by atoms with E-state index in [0.717, 1.165) is 0 Å². The molecule has 0 amide bonds. The molecule has 0 aliphatic carbocycles. The van der Waals surface area contributed by atoms with Crippen molar-refractivity contribution in [2.24, 2.45) is 0 Å². The van der Waals surface area contributed by atoms with Crippen molar-refractivity contribution < 1.29 is 0 Å². The van der Waals surface area contributed by atoms with Crippen LogP contribution in [0.3, 0.4) is 0 Å². The highest BCUT2D eigenvalue weighted by Crippen LogP contribution is 2.70. The third-order valence-corrected chi connectivity index (χ3v) is 13.8. The lowest BCUT2D eigenvalue weighted by molar-refractivity contribution is 0.765. The van der Waals surface area contributed by atoms with Gasteiger partial charge in [0.05, 0.1) is 10.9 Å². The second-order valence-corrected chi connectivity index (χ2v) is 14.2. The molecule has 4 heteroatoms. The van der Waals surface area contributed by atoms with Crippen LogP contribution in [0.1, 0.15) is 59.4 Å². The van der Waals surface area contributed by atoms with Gasteiger partial charge in [0, 0.05) is 29.4 Å². The molecule has 0 spiro atoms. The number of benzene rings is 3. The minimum Gasteiger partial charge on any atom is -0.253 e. The summed E-state index contributed by atoms with van der Waals surface area (Å²) in [5.41, 5.74) is 8.82. The Kier molecular flexibility index (Phi) is 6.54. The Morgan fingerprint density at radius 2 is 1.00 bits per heavy atom. The van der Waals surface area contributed by atoms with Crippen molar-refractivity contribution in [1.29, 1.82) is 0 Å². The molecule has 6 rings (SSSR count). The molecule has 0 bridgehead atoms. The fourth-order valence-electron chi connectivity index (χ4n) is 5.86. The van der Waals surface area contributed by atoms with Crippen molar-refractivity contribution in [2.75, 3.05) is 6.16 Å². The van der Waals surface area contributed by atoms with Crippen molar-refractivity contribution in [3.8, 4) is 0 Å². The van der Waals surface area contributed by atoms with Crippen LogP contribution in [0.4, 0.5) is 0 Å². The molecule has 0 radical (unpaired) electrons. The molecule has 2 aliphatic heterocycles. The summed E-state index contributed by atoms with van der Waals surface area (Å²) in [6.45, 7) is 0. The molecule has 3 aromatic carbocycles. The summed E-state index contributed by atoms with van der Waals surface area (Å²) in [7, 11) is -0.852. The highest BCUT2D eigenvalue weighted by Gasteiger charge is 2.42. The zero-order valence-corrected chi connectivity index (χ0v) is 21.2. The Bertz CT molecular complexity index is 1170. The van der Waals surface area contributed by atoms with Crippen LogP contribution in [-0.2, 0) is 0 Å². The maximum absolute atomic E-state index is 5.17. The van der Waals surface area contributed by atoms with E-state index in [1.165, 1.54) is 59.4 Å². The molecule has 1 aromatic heterocycles. The van der Waals surface area contributed by atoms with Crippen LogP contribution in [0.25, 0.3) is 0 Å². The molecule has 2 nitrogen and oxygen atoms in total. The number of rotatable bonds is 5. The molecule has 3 heterocycles. The largest absolute Gasteiger partial charge is 0.253 e. The first-order valence-corrected chi connectivity index (χ1v) is 15.5. The zero-order valence-electron chi connectivity index (χ0n) is 19.4. The first kappa shape index (κ1) is 22.1. The predicted molar refractivity (Wildman–Crippen MR) is 146 cm³/mol. The minimum atomic E-state index is -0.502. The quantitative estimate of drug-likeness (QED) is 0.276. The molecular formula is C30H30N2P2. The fraction of sp³-hybridized carbons (Fsp3) is 0.267. The predicted octanol–water partition coefficient (Wildman–Crippen LogP) is 7.50. The molecule has 4 unspecified atom stereocenters. The summed E-state index contributed by atoms with van der Waals surface area (Å²) in [6.07, 6.45) is 10.2. The van der Waals surface area contributed by atoms with Crippen LogP contribution in [0.5, 0.6) is 0 Å². The molecule has 2 fully saturated rings. The van der Waals surface area contributed by atoms with Crippen molar-refractivity contribution in [3.63, 3.8) is 0 Å². The summed E-state index contributed by atoms with van der Waals surface area (Å²) in [5, 5.41) is 0. The normalized spacial score (nSPS) is 26.5. The summed E-state index contributed by atoms with van der Waals surface area (Å²) < 4.78 is 0. The first-order chi connectivity index (χ1) is 16.9. The van der Waals surface area contributed by atoms with Crippen molar-refractivity contribution in [3.05, 3.63) is 120 Å². The van der Waals surface area contributed by atoms with Gasteiger partial charge in [-0.1, -0.05) is 91.0 Å². The van der Waals surface area contributed by atoms with Crippen LogP contribution >= 0.6 is 15.8 Å². The average molecular weight is 481 g/mol. The summed E-state index contributed by atoms with van der Waals surface area (Å²) in [6, 6.07) is 33.5. The molecule has 34 heavy (non-hydrogen) atoms. The van der Waals surface area contributed by atoms with Gasteiger partial charge in [0.25, 0.3) is 0 Å². The smallest absolute Gasteiger partial charge is 0.0901 e. The van der Waals surface area contributed by atoms with Crippen molar-refractivity contribution in [2.45, 2.75) is 42.7 Å². The lowest BCUT2D eigenvalue weighted by Gasteiger charge is -2.30. The maximum Gasteiger partial charge on any atom is 0.0901 e. The number of nitrogens with zero attached hydrogens (tertiary/aromatic N) is 2. The van der Waals surface area contributed by atoms with E-state index in [4.69, 9.17) is 9.97 Å². The molecule has 0 saturated carbocycles. The van der Waals surface area contributed by atoms with Crippen LogP contribution in [0.2, 0.25) is 0 Å². The Morgan fingerprint density at radius 1 is 0.529 bits per heavy atom. The van der Waals surface area contributed by atoms with Gasteiger partial charge in [0.2, 0.25) is 0 Å². The van der Waals surface area contributed by atoms with E-state index in [9.17, 15) is 0 Å². The number of hydrogen-bond donors (Lipinski definition) is 0. The van der Waals surface area contributed by atoms with Gasteiger partial charge in [-0.3, -0.25) is 9.97 Å². The molecule has 2 saturated heterocycles. The van der Waals surface area contributed by atoms with E-state index in [-0.39, 0.29) is 7.92 Å². The van der Waals surface area contributed by atoms with Crippen LogP contribution in [0, 0.1) is 0 Å². The van der Waals surface area contributed by atoms with Gasteiger partial charge in [-0.2, -0.15) is 0 Å². The minimum absolute atomic E-state index is 0.350. The van der Waals surface area contributed by atoms with Crippen LogP contribution < -0.4 is 10.9 Å². The van der Waals surface area contributed by atoms with Gasteiger partial charge in [-0.25, -0.2) is 0 Å². The highest BCUT2D eigenvalue weighted by atomic mass is 31.1. The average Bonchev–Trinajstić information content (AvgIpc) is 3.58. The maximum atomic E-state index is 5.17. The van der Waals surface area contributed by atoms with Crippen LogP contribution in [0.15, 0.2) is 103 Å². The van der Waals surface area contributed by atoms with E-state index in [2.05, 4.69) is 91.0 Å². The molecule has 5 atom stereocenters. The van der Waals surface area contributed by atoms with E-state index >= 15 is 0 Å². The van der Waals surface area contributed by atoms with Gasteiger partial charge < -0.3 is 0 Å². The van der Waals surface area contributed by atoms with E-state index < -0.39 is 7.92 Å². The first-order valence-electron chi connectivity index (χ1n) is 12.4. The van der Waals surface area contributed by atoms with E-state index in [0.29, 0.717) is 17.0 Å². The zero-order chi connectivity index (χ0) is 22.7. The Hall–Kier alpha value is -2.40. The highest BCUT2D eigenvalue weighted by molar-refractivity contribution is 7.72. The van der Waals surface area contributed by atoms with Crippen LogP contribution in [-0.4, -0.2) is 16.1 Å². The molecule has 170 valence electrons. The number of aromatic nitrogens is 2. The summed E-state index contributed by atoms with van der Waals surface area (Å²) in [4.78, 5) is 10.3. The second-order valence-electron chi connectivity index (χ2n) is 9.30. The standard InChI is InChI=1S/C30H30N2P2/c1-4-11-23(12-5-1)26-17-10-22-33(26)29-30(32-21-20-31-29)34-27(24-13-6-2-7-14-24)18-19-28(34)25-15-8-3-9-16-25/h1-9,11-16,20-21,26-28H,10,17-19,22H2/t26?,27-,28?,33?,34?/m1/s1. The van der Waals surface area contributed by atoms with Gasteiger partial charge in [-0.05, 0) is 64.4 Å². The Labute approximate surface area is 205 Å². The third-order valence-electron chi connectivity index (χ3n) is 7.37.